The Hall–Kier alpha value is -1.79. The van der Waals surface area contributed by atoms with Crippen molar-refractivity contribution in [3.63, 3.8) is 0 Å². The van der Waals surface area contributed by atoms with Gasteiger partial charge >= 0.3 is 12.1 Å². The summed E-state index contributed by atoms with van der Waals surface area (Å²) >= 11 is 0. The fourth-order valence-electron chi connectivity index (χ4n) is 2.28. The van der Waals surface area contributed by atoms with Crippen LogP contribution in [-0.4, -0.2) is 29.6 Å². The number of hydrogen-bond donors (Lipinski definition) is 2. The summed E-state index contributed by atoms with van der Waals surface area (Å²) in [5, 5.41) is 2.92. The van der Waals surface area contributed by atoms with E-state index in [0.717, 1.165) is 12.8 Å². The summed E-state index contributed by atoms with van der Waals surface area (Å²) in [4.78, 5) is 38.6. The molecule has 1 aliphatic heterocycles. The van der Waals surface area contributed by atoms with Crippen molar-refractivity contribution in [3.05, 3.63) is 0 Å². The number of ether oxygens (including phenoxy) is 1. The maximum Gasteiger partial charge on any atom is 0.441 e. The minimum Gasteiger partial charge on any atom is -0.442 e. The molecule has 1 heterocycles. The molecule has 1 fully saturated rings. The Morgan fingerprint density at radius 3 is 2.55 bits per heavy atom. The average Bonchev–Trinajstić information content (AvgIpc) is 2.68. The minimum absolute atomic E-state index is 0.0958. The fourth-order valence-corrected chi connectivity index (χ4v) is 2.28. The first kappa shape index (κ1) is 18.3. The van der Waals surface area contributed by atoms with Gasteiger partial charge in [-0.3, -0.25) is 4.79 Å². The zero-order valence-corrected chi connectivity index (χ0v) is 13.7. The van der Waals surface area contributed by atoms with Crippen LogP contribution in [0.1, 0.15) is 59.8 Å². The summed E-state index contributed by atoms with van der Waals surface area (Å²) in [6.07, 6.45) is 2.31. The summed E-state index contributed by atoms with van der Waals surface area (Å²) < 4.78 is 4.94. The molecule has 0 aromatic carbocycles. The Balaban J connectivity index is 2.09. The quantitative estimate of drug-likeness (QED) is 0.598. The van der Waals surface area contributed by atoms with Crippen LogP contribution in [0.2, 0.25) is 0 Å². The number of hydrogen-bond acceptors (Lipinski definition) is 5. The monoisotopic (exact) mass is 314 g/mol. The zero-order chi connectivity index (χ0) is 16.8. The Labute approximate surface area is 131 Å². The zero-order valence-electron chi connectivity index (χ0n) is 13.7. The number of unbranched alkanes of at least 4 members (excludes halogenated alkanes) is 1. The molecule has 0 bridgehead atoms. The van der Waals surface area contributed by atoms with Crippen molar-refractivity contribution in [2.75, 3.05) is 0 Å². The normalized spacial score (nSPS) is 21.2. The molecule has 7 heteroatoms. The molecule has 2 N–H and O–H groups in total. The van der Waals surface area contributed by atoms with Crippen molar-refractivity contribution in [2.24, 2.45) is 5.92 Å². The number of hydroxylamine groups is 1. The van der Waals surface area contributed by atoms with Gasteiger partial charge in [0.25, 0.3) is 0 Å². The maximum absolute atomic E-state index is 11.5. The molecule has 0 radical (unpaired) electrons. The first-order chi connectivity index (χ1) is 10.2. The van der Waals surface area contributed by atoms with E-state index in [1.165, 1.54) is 0 Å². The van der Waals surface area contributed by atoms with Gasteiger partial charge < -0.3 is 14.9 Å². The Bertz CT molecular complexity index is 417. The standard InChI is InChI=1S/C15H26N2O5/c1-10-9-12(18)16-11(10)7-5-6-8-13(19)22-17-14(20)21-15(2,3)4/h10-11H,5-9H2,1-4H3,(H,16,18)(H,17,20). The highest BCUT2D eigenvalue weighted by Gasteiger charge is 2.27. The van der Waals surface area contributed by atoms with Crippen molar-refractivity contribution in [2.45, 2.75) is 71.4 Å². The van der Waals surface area contributed by atoms with Crippen LogP contribution in [0, 0.1) is 5.92 Å². The number of carbonyl (C=O) groups excluding carboxylic acids is 3. The molecule has 0 saturated carbocycles. The minimum atomic E-state index is -0.789. The van der Waals surface area contributed by atoms with E-state index >= 15 is 0 Å². The van der Waals surface area contributed by atoms with Crippen LogP contribution in [0.3, 0.4) is 0 Å². The van der Waals surface area contributed by atoms with Crippen LogP contribution in [-0.2, 0) is 19.2 Å². The SMILES string of the molecule is CC1CC(=O)NC1CCCCC(=O)ONC(=O)OC(C)(C)C. The van der Waals surface area contributed by atoms with Crippen molar-refractivity contribution < 1.29 is 24.0 Å². The van der Waals surface area contributed by atoms with E-state index in [0.29, 0.717) is 18.8 Å². The third-order valence-corrected chi connectivity index (χ3v) is 3.33. The molecular formula is C15H26N2O5. The molecule has 126 valence electrons. The second-order valence-electron chi connectivity index (χ2n) is 6.68. The van der Waals surface area contributed by atoms with E-state index in [4.69, 9.17) is 4.74 Å². The topological polar surface area (TPSA) is 93.7 Å². The van der Waals surface area contributed by atoms with Gasteiger partial charge in [-0.25, -0.2) is 9.59 Å². The highest BCUT2D eigenvalue weighted by molar-refractivity contribution is 5.78. The summed E-state index contributed by atoms with van der Waals surface area (Å²) in [7, 11) is 0. The lowest BCUT2D eigenvalue weighted by Crippen LogP contribution is -2.34. The van der Waals surface area contributed by atoms with Crippen LogP contribution < -0.4 is 10.8 Å². The van der Waals surface area contributed by atoms with Gasteiger partial charge in [0.2, 0.25) is 5.91 Å². The van der Waals surface area contributed by atoms with Gasteiger partial charge in [0.15, 0.2) is 0 Å². The highest BCUT2D eigenvalue weighted by atomic mass is 16.7. The van der Waals surface area contributed by atoms with Crippen LogP contribution in [0.25, 0.3) is 0 Å². The van der Waals surface area contributed by atoms with Crippen LogP contribution in [0.15, 0.2) is 0 Å². The van der Waals surface area contributed by atoms with Gasteiger partial charge in [-0.05, 0) is 39.5 Å². The van der Waals surface area contributed by atoms with E-state index < -0.39 is 17.7 Å². The first-order valence-corrected chi connectivity index (χ1v) is 7.65. The van der Waals surface area contributed by atoms with Gasteiger partial charge in [0.1, 0.15) is 5.60 Å². The molecule has 7 nitrogen and oxygen atoms in total. The summed E-state index contributed by atoms with van der Waals surface area (Å²) in [6, 6.07) is 0.198. The predicted molar refractivity (Wildman–Crippen MR) is 79.6 cm³/mol. The number of carbonyl (C=O) groups is 3. The molecule has 2 amide bonds. The van der Waals surface area contributed by atoms with Gasteiger partial charge in [-0.2, -0.15) is 0 Å². The van der Waals surface area contributed by atoms with E-state index in [9.17, 15) is 14.4 Å². The molecule has 0 spiro atoms. The molecule has 1 aliphatic rings. The predicted octanol–water partition coefficient (Wildman–Crippen LogP) is 2.05. The van der Waals surface area contributed by atoms with Crippen molar-refractivity contribution >= 4 is 18.0 Å². The lowest BCUT2D eigenvalue weighted by Gasteiger charge is -2.19. The van der Waals surface area contributed by atoms with Crippen LogP contribution in [0.5, 0.6) is 0 Å². The van der Waals surface area contributed by atoms with Gasteiger partial charge in [-0.15, -0.1) is 5.48 Å². The second kappa shape index (κ2) is 8.00. The molecule has 2 atom stereocenters. The van der Waals surface area contributed by atoms with Crippen molar-refractivity contribution in [1.82, 2.24) is 10.8 Å². The number of rotatable bonds is 5. The van der Waals surface area contributed by atoms with Gasteiger partial charge in [0, 0.05) is 18.9 Å². The second-order valence-corrected chi connectivity index (χ2v) is 6.68. The molecular weight excluding hydrogens is 288 g/mol. The first-order valence-electron chi connectivity index (χ1n) is 7.65. The van der Waals surface area contributed by atoms with E-state index in [1.54, 1.807) is 20.8 Å². The van der Waals surface area contributed by atoms with E-state index in [-0.39, 0.29) is 18.4 Å². The largest absolute Gasteiger partial charge is 0.442 e. The third-order valence-electron chi connectivity index (χ3n) is 3.33. The lowest BCUT2D eigenvalue weighted by molar-refractivity contribution is -0.150. The summed E-state index contributed by atoms with van der Waals surface area (Å²) in [5.74, 6) is -0.0684. The van der Waals surface area contributed by atoms with Crippen LogP contribution >= 0.6 is 0 Å². The van der Waals surface area contributed by atoms with Crippen LogP contribution in [0.4, 0.5) is 4.79 Å². The Kier molecular flexibility index (Phi) is 6.64. The Morgan fingerprint density at radius 1 is 1.32 bits per heavy atom. The lowest BCUT2D eigenvalue weighted by atomic mass is 9.98. The van der Waals surface area contributed by atoms with E-state index in [1.807, 2.05) is 12.4 Å². The van der Waals surface area contributed by atoms with Gasteiger partial charge in [-0.1, -0.05) is 13.3 Å². The Morgan fingerprint density at radius 2 is 2.00 bits per heavy atom. The summed E-state index contributed by atoms with van der Waals surface area (Å²) in [6.45, 7) is 7.20. The highest BCUT2D eigenvalue weighted by Crippen LogP contribution is 2.20. The van der Waals surface area contributed by atoms with Crippen molar-refractivity contribution in [1.29, 1.82) is 0 Å². The molecule has 1 saturated heterocycles. The molecule has 2 unspecified atom stereocenters. The molecule has 1 rings (SSSR count). The maximum atomic E-state index is 11.5. The van der Waals surface area contributed by atoms with E-state index in [2.05, 4.69) is 10.2 Å². The average molecular weight is 314 g/mol. The van der Waals surface area contributed by atoms with Gasteiger partial charge in [0.05, 0.1) is 0 Å². The third kappa shape index (κ3) is 7.28. The number of nitrogens with one attached hydrogen (secondary N) is 2. The number of amides is 2. The molecule has 22 heavy (non-hydrogen) atoms. The molecule has 0 aromatic heterocycles. The summed E-state index contributed by atoms with van der Waals surface area (Å²) in [5.41, 5.74) is 1.33. The van der Waals surface area contributed by atoms with Crippen molar-refractivity contribution in [3.8, 4) is 0 Å². The molecule has 0 aromatic rings. The smallest absolute Gasteiger partial charge is 0.441 e. The fraction of sp³-hybridized carbons (Fsp3) is 0.800. The molecule has 0 aliphatic carbocycles.